The first-order chi connectivity index (χ1) is 41.4. The van der Waals surface area contributed by atoms with Crippen molar-refractivity contribution in [2.75, 3.05) is 40.9 Å². The van der Waals surface area contributed by atoms with Gasteiger partial charge in [-0.1, -0.05) is 307 Å². The summed E-state index contributed by atoms with van der Waals surface area (Å²) in [7, 11) is 1.19. The van der Waals surface area contributed by atoms with E-state index in [9.17, 15) is 19.0 Å². The van der Waals surface area contributed by atoms with Crippen LogP contribution in [0, 0.1) is 0 Å². The molecule has 1 amide bonds. The van der Waals surface area contributed by atoms with E-state index in [4.69, 9.17) is 13.8 Å². The number of carbonyl (C=O) groups excluding carboxylic acids is 2. The molecule has 0 radical (unpaired) electrons. The second kappa shape index (κ2) is 64.7. The number of phosphoric ester groups is 1. The number of esters is 1. The summed E-state index contributed by atoms with van der Waals surface area (Å²) in [6.07, 6.45) is 83.4. The van der Waals surface area contributed by atoms with E-state index >= 15 is 0 Å². The second-order valence-electron chi connectivity index (χ2n) is 26.1. The van der Waals surface area contributed by atoms with Gasteiger partial charge in [0, 0.05) is 12.8 Å². The van der Waals surface area contributed by atoms with Crippen LogP contribution in [0.1, 0.15) is 355 Å². The minimum Gasteiger partial charge on any atom is -0.756 e. The number of rotatable bonds is 67. The molecule has 3 atom stereocenters. The van der Waals surface area contributed by atoms with Crippen LogP contribution in [0.15, 0.2) is 60.8 Å². The highest BCUT2D eigenvalue weighted by atomic mass is 31.2. The Kier molecular flexibility index (Phi) is 62.9. The molecule has 0 saturated carbocycles. The number of amides is 1. The molecule has 0 heterocycles. The molecule has 0 saturated heterocycles. The summed E-state index contributed by atoms with van der Waals surface area (Å²) < 4.78 is 30.5. The van der Waals surface area contributed by atoms with E-state index in [-0.39, 0.29) is 31.5 Å². The Labute approximate surface area is 528 Å². The number of carbonyl (C=O) groups is 2. The second-order valence-corrected chi connectivity index (χ2v) is 27.5. The van der Waals surface area contributed by atoms with Crippen LogP contribution in [0.25, 0.3) is 0 Å². The topological polar surface area (TPSA) is 114 Å². The maximum atomic E-state index is 13.6. The Balaban J connectivity index is 5.07. The summed E-state index contributed by atoms with van der Waals surface area (Å²) in [5.41, 5.74) is 0. The molecular formula is C75H141N2O7P. The minimum atomic E-state index is -4.71. The van der Waals surface area contributed by atoms with Crippen molar-refractivity contribution >= 4 is 19.7 Å². The largest absolute Gasteiger partial charge is 0.756 e. The van der Waals surface area contributed by atoms with Crippen LogP contribution in [-0.4, -0.2) is 69.4 Å². The van der Waals surface area contributed by atoms with Gasteiger partial charge >= 0.3 is 5.97 Å². The van der Waals surface area contributed by atoms with Gasteiger partial charge in [0.2, 0.25) is 5.91 Å². The van der Waals surface area contributed by atoms with Gasteiger partial charge in [-0.3, -0.25) is 14.2 Å². The van der Waals surface area contributed by atoms with Crippen molar-refractivity contribution in [3.63, 3.8) is 0 Å². The lowest BCUT2D eigenvalue weighted by atomic mass is 10.0. The molecule has 0 rings (SSSR count). The van der Waals surface area contributed by atoms with Crippen molar-refractivity contribution < 1.29 is 37.3 Å². The molecular weight excluding hydrogens is 1070 g/mol. The Morgan fingerprint density at radius 1 is 0.412 bits per heavy atom. The first-order valence-electron chi connectivity index (χ1n) is 36.6. The van der Waals surface area contributed by atoms with Crippen LogP contribution < -0.4 is 10.2 Å². The first kappa shape index (κ1) is 82.7. The molecule has 0 aromatic carbocycles. The number of likely N-dealkylation sites (N-methyl/N-ethyl adjacent to an activating group) is 1. The molecule has 0 aliphatic carbocycles. The van der Waals surface area contributed by atoms with E-state index in [0.29, 0.717) is 17.4 Å². The van der Waals surface area contributed by atoms with E-state index in [1.807, 2.05) is 33.3 Å². The molecule has 0 spiro atoms. The highest BCUT2D eigenvalue weighted by Gasteiger charge is 2.27. The average molecular weight is 1210 g/mol. The normalized spacial score (nSPS) is 13.8. The summed E-state index contributed by atoms with van der Waals surface area (Å²) in [4.78, 5) is 40.2. The van der Waals surface area contributed by atoms with E-state index in [0.717, 1.165) is 70.6 Å². The van der Waals surface area contributed by atoms with Crippen LogP contribution >= 0.6 is 7.82 Å². The van der Waals surface area contributed by atoms with Crippen LogP contribution in [-0.2, 0) is 27.9 Å². The third-order valence-electron chi connectivity index (χ3n) is 16.4. The molecule has 0 aliphatic rings. The van der Waals surface area contributed by atoms with E-state index in [2.05, 4.69) is 74.7 Å². The number of hydrogen-bond donors (Lipinski definition) is 1. The fraction of sp³-hybridized carbons (Fsp3) is 0.840. The molecule has 0 aromatic rings. The highest BCUT2D eigenvalue weighted by molar-refractivity contribution is 7.45. The third kappa shape index (κ3) is 66.0. The molecule has 0 bridgehead atoms. The van der Waals surface area contributed by atoms with E-state index < -0.39 is 20.0 Å². The van der Waals surface area contributed by atoms with Gasteiger partial charge in [-0.25, -0.2) is 0 Å². The number of hydrogen-bond acceptors (Lipinski definition) is 7. The van der Waals surface area contributed by atoms with Gasteiger partial charge in [-0.05, 0) is 96.0 Å². The van der Waals surface area contributed by atoms with E-state index in [1.165, 1.54) is 250 Å². The average Bonchev–Trinajstić information content (AvgIpc) is 3.48. The zero-order chi connectivity index (χ0) is 62.1. The van der Waals surface area contributed by atoms with Crippen LogP contribution in [0.3, 0.4) is 0 Å². The number of allylic oxidation sites excluding steroid dienone is 9. The SMILES string of the molecule is CCCCC/C=C\C/C=C\C/C=C\CCCCCCCCCCCCCCC(=O)OC(/C=C/CCCCCCCCCCCCC)C(COP(=O)([O-])OCC[N+](C)(C)C)NC(=O)CCCCCCCCCCCCC/C=C/CCCCCCCC. The summed E-state index contributed by atoms with van der Waals surface area (Å²) >= 11 is 0. The van der Waals surface area contributed by atoms with Gasteiger partial charge in [-0.15, -0.1) is 0 Å². The van der Waals surface area contributed by atoms with Crippen LogP contribution in [0.2, 0.25) is 0 Å². The number of ether oxygens (including phenoxy) is 1. The van der Waals surface area contributed by atoms with E-state index in [1.54, 1.807) is 0 Å². The maximum Gasteiger partial charge on any atom is 0.306 e. The van der Waals surface area contributed by atoms with Crippen molar-refractivity contribution in [3.05, 3.63) is 60.8 Å². The zero-order valence-electron chi connectivity index (χ0n) is 57.1. The van der Waals surface area contributed by atoms with Gasteiger partial charge < -0.3 is 28.5 Å². The summed E-state index contributed by atoms with van der Waals surface area (Å²) in [6, 6.07) is -0.891. The molecule has 0 fully saturated rings. The molecule has 0 aliphatic heterocycles. The summed E-state index contributed by atoms with van der Waals surface area (Å²) in [6.45, 7) is 6.86. The number of nitrogens with zero attached hydrogens (tertiary/aromatic N) is 1. The van der Waals surface area contributed by atoms with Gasteiger partial charge in [0.1, 0.15) is 19.3 Å². The Bertz CT molecular complexity index is 1640. The van der Waals surface area contributed by atoms with Gasteiger partial charge in [0.25, 0.3) is 7.82 Å². The van der Waals surface area contributed by atoms with Crippen LogP contribution in [0.5, 0.6) is 0 Å². The Hall–Kier alpha value is -2.29. The van der Waals surface area contributed by atoms with Gasteiger partial charge in [0.05, 0.1) is 33.8 Å². The molecule has 0 aromatic heterocycles. The van der Waals surface area contributed by atoms with Crippen molar-refractivity contribution in [3.8, 4) is 0 Å². The van der Waals surface area contributed by atoms with Crippen molar-refractivity contribution in [1.29, 1.82) is 0 Å². The van der Waals surface area contributed by atoms with Crippen molar-refractivity contribution in [2.24, 2.45) is 0 Å². The van der Waals surface area contributed by atoms with Crippen molar-refractivity contribution in [1.82, 2.24) is 5.32 Å². The molecule has 9 nitrogen and oxygen atoms in total. The smallest absolute Gasteiger partial charge is 0.306 e. The number of phosphoric acid groups is 1. The number of unbranched alkanes of at least 4 members (excludes halogenated alkanes) is 43. The standard InChI is InChI=1S/C75H141N2O7P/c1-7-10-13-16-19-22-25-28-30-32-34-36-37-38-39-41-43-45-47-50-53-56-59-62-65-68-75(79)84-73(66-63-60-57-54-51-48-27-24-21-18-15-12-9-3)72(71-83-85(80,81)82-70-69-77(4,5)6)76-74(78)67-64-61-58-55-52-49-46-44-42-40-35-33-31-29-26-23-20-17-14-11-8-2/h19,22,28-31,34,36,63,66,72-73H,7-18,20-21,23-27,32-33,35,37-62,64-65,67-71H2,1-6H3,(H-,76,78,80,81)/b22-19-,30-28-,31-29+,36-34-,66-63+. The third-order valence-corrected chi connectivity index (χ3v) is 17.4. The lowest BCUT2D eigenvalue weighted by Gasteiger charge is -2.30. The summed E-state index contributed by atoms with van der Waals surface area (Å²) in [5.74, 6) is -0.530. The lowest BCUT2D eigenvalue weighted by molar-refractivity contribution is -0.870. The highest BCUT2D eigenvalue weighted by Crippen LogP contribution is 2.38. The monoisotopic (exact) mass is 1210 g/mol. The van der Waals surface area contributed by atoms with Gasteiger partial charge in [0.15, 0.2) is 0 Å². The maximum absolute atomic E-state index is 13.6. The van der Waals surface area contributed by atoms with Crippen LogP contribution in [0.4, 0.5) is 0 Å². The fourth-order valence-corrected chi connectivity index (χ4v) is 11.5. The first-order valence-corrected chi connectivity index (χ1v) is 38.1. The number of quaternary nitrogens is 1. The fourth-order valence-electron chi connectivity index (χ4n) is 10.8. The van der Waals surface area contributed by atoms with Gasteiger partial charge in [-0.2, -0.15) is 0 Å². The predicted octanol–water partition coefficient (Wildman–Crippen LogP) is 22.7. The Morgan fingerprint density at radius 2 is 0.718 bits per heavy atom. The predicted molar refractivity (Wildman–Crippen MR) is 367 cm³/mol. The van der Waals surface area contributed by atoms with Crippen molar-refractivity contribution in [2.45, 2.75) is 367 Å². The molecule has 3 unspecified atom stereocenters. The molecule has 1 N–H and O–H groups in total. The Morgan fingerprint density at radius 3 is 1.11 bits per heavy atom. The lowest BCUT2D eigenvalue weighted by Crippen LogP contribution is -2.47. The number of nitrogens with one attached hydrogen (secondary N) is 1. The molecule has 498 valence electrons. The quantitative estimate of drug-likeness (QED) is 0.0212. The summed E-state index contributed by atoms with van der Waals surface area (Å²) in [5, 5.41) is 3.05. The zero-order valence-corrected chi connectivity index (χ0v) is 58.0. The molecule has 10 heteroatoms. The molecule has 85 heavy (non-hydrogen) atoms. The minimum absolute atomic E-state index is 0.0222.